The largest absolute Gasteiger partial charge is 0.300 e. The molecule has 0 aliphatic heterocycles. The minimum absolute atomic E-state index is 0.410. The van der Waals surface area contributed by atoms with Crippen LogP contribution in [-0.4, -0.2) is 5.78 Å². The van der Waals surface area contributed by atoms with Crippen LogP contribution in [0.15, 0.2) is 36.4 Å². The lowest BCUT2D eigenvalue weighted by atomic mass is 9.67. The second-order valence-corrected chi connectivity index (χ2v) is 10.3. The standard InChI is InChI=1S/C29H38O/c1-19-11-13-26(21(3)15-19)28(23-7-5-8-23)17-25(30)18-29(24-9-6-10-24)27-14-12-20(2)16-22(27)4/h11-16,23-24,28-29H,5-10,17-18H2,1-4H3. The summed E-state index contributed by atoms with van der Waals surface area (Å²) in [5, 5.41) is 0. The lowest BCUT2D eigenvalue weighted by Gasteiger charge is -2.37. The normalized spacial score (nSPS) is 19.1. The van der Waals surface area contributed by atoms with E-state index in [2.05, 4.69) is 64.1 Å². The highest BCUT2D eigenvalue weighted by Gasteiger charge is 2.34. The second kappa shape index (κ2) is 9.08. The van der Waals surface area contributed by atoms with Gasteiger partial charge in [-0.1, -0.05) is 60.4 Å². The maximum absolute atomic E-state index is 13.5. The van der Waals surface area contributed by atoms with E-state index in [-0.39, 0.29) is 0 Å². The Morgan fingerprint density at radius 3 is 1.43 bits per heavy atom. The number of aryl methyl sites for hydroxylation is 4. The summed E-state index contributed by atoms with van der Waals surface area (Å²) < 4.78 is 0. The number of Topliss-reactive ketones (excluding diaryl/α,β-unsaturated/α-hetero) is 1. The maximum Gasteiger partial charge on any atom is 0.134 e. The van der Waals surface area contributed by atoms with Gasteiger partial charge in [0.15, 0.2) is 0 Å². The molecule has 2 aromatic carbocycles. The highest BCUT2D eigenvalue weighted by molar-refractivity contribution is 5.80. The van der Waals surface area contributed by atoms with E-state index in [0.717, 1.165) is 12.8 Å². The summed E-state index contributed by atoms with van der Waals surface area (Å²) in [6.45, 7) is 8.78. The van der Waals surface area contributed by atoms with E-state index in [9.17, 15) is 4.79 Å². The average molecular weight is 403 g/mol. The quantitative estimate of drug-likeness (QED) is 0.441. The molecule has 0 aromatic heterocycles. The Hall–Kier alpha value is -1.89. The topological polar surface area (TPSA) is 17.1 Å². The van der Waals surface area contributed by atoms with Crippen LogP contribution in [0.2, 0.25) is 0 Å². The zero-order valence-electron chi connectivity index (χ0n) is 19.3. The van der Waals surface area contributed by atoms with E-state index in [4.69, 9.17) is 0 Å². The van der Waals surface area contributed by atoms with Gasteiger partial charge >= 0.3 is 0 Å². The van der Waals surface area contributed by atoms with Gasteiger partial charge in [0.1, 0.15) is 5.78 Å². The summed E-state index contributed by atoms with van der Waals surface area (Å²) in [6, 6.07) is 13.6. The van der Waals surface area contributed by atoms with Crippen LogP contribution in [0.4, 0.5) is 0 Å². The van der Waals surface area contributed by atoms with E-state index in [1.54, 1.807) is 0 Å². The Balaban J connectivity index is 1.53. The molecule has 2 unspecified atom stereocenters. The van der Waals surface area contributed by atoms with Crippen LogP contribution in [-0.2, 0) is 4.79 Å². The first-order chi connectivity index (χ1) is 14.4. The molecular formula is C29H38O. The molecule has 2 aliphatic carbocycles. The van der Waals surface area contributed by atoms with Gasteiger partial charge in [-0.15, -0.1) is 0 Å². The average Bonchev–Trinajstić information content (AvgIpc) is 2.57. The predicted molar refractivity (Wildman–Crippen MR) is 126 cm³/mol. The molecule has 2 aliphatic rings. The first-order valence-corrected chi connectivity index (χ1v) is 12.1. The third-order valence-corrected chi connectivity index (χ3v) is 7.98. The molecule has 2 atom stereocenters. The third kappa shape index (κ3) is 4.56. The molecule has 0 saturated heterocycles. The van der Waals surface area contributed by atoms with Crippen molar-refractivity contribution in [3.05, 3.63) is 69.8 Å². The van der Waals surface area contributed by atoms with Gasteiger partial charge in [-0.2, -0.15) is 0 Å². The van der Waals surface area contributed by atoms with E-state index < -0.39 is 0 Å². The van der Waals surface area contributed by atoms with Crippen molar-refractivity contribution in [3.63, 3.8) is 0 Å². The van der Waals surface area contributed by atoms with Crippen LogP contribution in [0.25, 0.3) is 0 Å². The molecule has 30 heavy (non-hydrogen) atoms. The van der Waals surface area contributed by atoms with Gasteiger partial charge in [-0.3, -0.25) is 4.79 Å². The summed E-state index contributed by atoms with van der Waals surface area (Å²) in [4.78, 5) is 13.5. The summed E-state index contributed by atoms with van der Waals surface area (Å²) in [6.07, 6.45) is 9.25. The second-order valence-electron chi connectivity index (χ2n) is 10.3. The first kappa shape index (κ1) is 21.3. The molecule has 0 amide bonds. The van der Waals surface area contributed by atoms with Crippen molar-refractivity contribution in [1.29, 1.82) is 0 Å². The minimum atomic E-state index is 0.410. The molecule has 1 heteroatoms. The van der Waals surface area contributed by atoms with Gasteiger partial charge in [0.2, 0.25) is 0 Å². The highest BCUT2D eigenvalue weighted by atomic mass is 16.1. The molecule has 0 N–H and O–H groups in total. The van der Waals surface area contributed by atoms with Crippen molar-refractivity contribution < 1.29 is 4.79 Å². The number of carbonyl (C=O) groups is 1. The van der Waals surface area contributed by atoms with Crippen molar-refractivity contribution in [2.24, 2.45) is 11.8 Å². The van der Waals surface area contributed by atoms with Crippen LogP contribution in [0.3, 0.4) is 0 Å². The van der Waals surface area contributed by atoms with Crippen molar-refractivity contribution in [2.75, 3.05) is 0 Å². The Morgan fingerprint density at radius 2 is 1.13 bits per heavy atom. The Morgan fingerprint density at radius 1 is 0.733 bits per heavy atom. The number of rotatable bonds is 8. The van der Waals surface area contributed by atoms with Crippen LogP contribution < -0.4 is 0 Å². The van der Waals surface area contributed by atoms with Crippen LogP contribution in [0.5, 0.6) is 0 Å². The zero-order chi connectivity index (χ0) is 21.3. The number of hydrogen-bond donors (Lipinski definition) is 0. The fraction of sp³-hybridized carbons (Fsp3) is 0.552. The summed E-state index contributed by atoms with van der Waals surface area (Å²) >= 11 is 0. The van der Waals surface area contributed by atoms with E-state index in [1.165, 1.54) is 71.9 Å². The fourth-order valence-corrected chi connectivity index (χ4v) is 5.80. The first-order valence-electron chi connectivity index (χ1n) is 12.1. The smallest absolute Gasteiger partial charge is 0.134 e. The Kier molecular flexibility index (Phi) is 6.46. The van der Waals surface area contributed by atoms with Crippen molar-refractivity contribution >= 4 is 5.78 Å². The van der Waals surface area contributed by atoms with Gasteiger partial charge in [-0.25, -0.2) is 0 Å². The van der Waals surface area contributed by atoms with Gasteiger partial charge in [-0.05, 0) is 99.3 Å². The SMILES string of the molecule is Cc1ccc(C(CC(=O)CC(c2ccc(C)cc2C)C2CCC2)C2CCC2)c(C)c1. The summed E-state index contributed by atoms with van der Waals surface area (Å²) in [7, 11) is 0. The van der Waals surface area contributed by atoms with Crippen LogP contribution >= 0.6 is 0 Å². The van der Waals surface area contributed by atoms with E-state index in [1.807, 2.05) is 0 Å². The number of ketones is 1. The van der Waals surface area contributed by atoms with Crippen molar-refractivity contribution in [1.82, 2.24) is 0 Å². The number of hydrogen-bond acceptors (Lipinski definition) is 1. The van der Waals surface area contributed by atoms with E-state index in [0.29, 0.717) is 29.5 Å². The van der Waals surface area contributed by atoms with Gasteiger partial charge in [0, 0.05) is 12.8 Å². The van der Waals surface area contributed by atoms with Gasteiger partial charge in [0.25, 0.3) is 0 Å². The third-order valence-electron chi connectivity index (χ3n) is 7.98. The van der Waals surface area contributed by atoms with Gasteiger partial charge in [0.05, 0.1) is 0 Å². The highest BCUT2D eigenvalue weighted by Crippen LogP contribution is 2.45. The van der Waals surface area contributed by atoms with Crippen molar-refractivity contribution in [2.45, 2.75) is 90.9 Å². The molecule has 0 heterocycles. The van der Waals surface area contributed by atoms with Crippen molar-refractivity contribution in [3.8, 4) is 0 Å². The molecule has 160 valence electrons. The Bertz CT molecular complexity index is 827. The molecule has 4 rings (SSSR count). The van der Waals surface area contributed by atoms with Crippen LogP contribution in [0, 0.1) is 39.5 Å². The fourth-order valence-electron chi connectivity index (χ4n) is 5.80. The number of benzene rings is 2. The Labute approximate surface area is 183 Å². The summed E-state index contributed by atoms with van der Waals surface area (Å²) in [5.74, 6) is 2.68. The molecule has 2 fully saturated rings. The molecular weight excluding hydrogens is 364 g/mol. The number of carbonyl (C=O) groups excluding carboxylic acids is 1. The zero-order valence-corrected chi connectivity index (χ0v) is 19.3. The summed E-state index contributed by atoms with van der Waals surface area (Å²) in [5.41, 5.74) is 8.20. The van der Waals surface area contributed by atoms with Gasteiger partial charge < -0.3 is 0 Å². The molecule has 0 spiro atoms. The van der Waals surface area contributed by atoms with Crippen LogP contribution in [0.1, 0.15) is 96.6 Å². The molecule has 1 nitrogen and oxygen atoms in total. The molecule has 0 radical (unpaired) electrons. The van der Waals surface area contributed by atoms with E-state index >= 15 is 0 Å². The lowest BCUT2D eigenvalue weighted by molar-refractivity contribution is -0.120. The molecule has 2 saturated carbocycles. The molecule has 0 bridgehead atoms. The minimum Gasteiger partial charge on any atom is -0.300 e. The predicted octanol–water partition coefficient (Wildman–Crippen LogP) is 7.74. The maximum atomic E-state index is 13.5. The lowest BCUT2D eigenvalue weighted by Crippen LogP contribution is -2.27. The molecule has 2 aromatic rings. The monoisotopic (exact) mass is 402 g/mol.